The van der Waals surface area contributed by atoms with E-state index in [1.807, 2.05) is 25.7 Å². The highest BCUT2D eigenvalue weighted by Gasteiger charge is 2.40. The Bertz CT molecular complexity index is 562. The number of carbonyl (C=O) groups is 1. The summed E-state index contributed by atoms with van der Waals surface area (Å²) in [7, 11) is 0. The minimum Gasteiger partial charge on any atom is -0.355 e. The third-order valence-corrected chi connectivity index (χ3v) is 4.32. The standard InChI is InChI=1S/C19H29FN2O3/c1-4-24-18(25-5-2)7-6-10-21-19(23)17-13-22(17)12-15-11-16(20)9-8-14(15)3/h8-9,11,17-18H,4-7,10,12-13H2,1-3H3,(H,21,23). The Morgan fingerprint density at radius 1 is 1.36 bits per heavy atom. The van der Waals surface area contributed by atoms with Crippen molar-refractivity contribution in [1.82, 2.24) is 10.2 Å². The van der Waals surface area contributed by atoms with E-state index in [2.05, 4.69) is 5.32 Å². The second kappa shape index (κ2) is 9.85. The largest absolute Gasteiger partial charge is 0.355 e. The molecular weight excluding hydrogens is 323 g/mol. The van der Waals surface area contributed by atoms with Crippen molar-refractivity contribution in [3.05, 3.63) is 35.1 Å². The molecule has 2 unspecified atom stereocenters. The minimum absolute atomic E-state index is 0.0402. The summed E-state index contributed by atoms with van der Waals surface area (Å²) in [5.74, 6) is -0.194. The fourth-order valence-electron chi connectivity index (χ4n) is 2.81. The zero-order valence-electron chi connectivity index (χ0n) is 15.4. The highest BCUT2D eigenvalue weighted by atomic mass is 19.1. The summed E-state index contributed by atoms with van der Waals surface area (Å²) >= 11 is 0. The van der Waals surface area contributed by atoms with Gasteiger partial charge in [-0.05, 0) is 50.5 Å². The molecule has 0 spiro atoms. The molecule has 1 heterocycles. The third kappa shape index (κ3) is 6.38. The first-order valence-corrected chi connectivity index (χ1v) is 9.05. The van der Waals surface area contributed by atoms with Gasteiger partial charge >= 0.3 is 0 Å². The first-order chi connectivity index (χ1) is 12.0. The van der Waals surface area contributed by atoms with Gasteiger partial charge in [0.15, 0.2) is 6.29 Å². The molecule has 1 aliphatic heterocycles. The molecule has 0 aliphatic carbocycles. The van der Waals surface area contributed by atoms with E-state index in [-0.39, 0.29) is 24.1 Å². The summed E-state index contributed by atoms with van der Waals surface area (Å²) in [4.78, 5) is 14.2. The van der Waals surface area contributed by atoms with Gasteiger partial charge in [0.05, 0.1) is 0 Å². The topological polar surface area (TPSA) is 50.6 Å². The molecule has 1 saturated heterocycles. The number of aryl methyl sites for hydroxylation is 1. The third-order valence-electron chi connectivity index (χ3n) is 4.32. The quantitative estimate of drug-likeness (QED) is 0.378. The summed E-state index contributed by atoms with van der Waals surface area (Å²) in [5, 5.41) is 2.96. The van der Waals surface area contributed by atoms with E-state index in [1.54, 1.807) is 12.1 Å². The maximum Gasteiger partial charge on any atom is 0.238 e. The van der Waals surface area contributed by atoms with E-state index in [9.17, 15) is 9.18 Å². The lowest BCUT2D eigenvalue weighted by Crippen LogP contribution is -2.31. The summed E-state index contributed by atoms with van der Waals surface area (Å²) < 4.78 is 24.3. The van der Waals surface area contributed by atoms with Crippen LogP contribution in [0.5, 0.6) is 0 Å². The van der Waals surface area contributed by atoms with Gasteiger partial charge in [-0.2, -0.15) is 0 Å². The van der Waals surface area contributed by atoms with E-state index in [0.29, 0.717) is 26.3 Å². The van der Waals surface area contributed by atoms with Crippen molar-refractivity contribution in [2.75, 3.05) is 26.3 Å². The van der Waals surface area contributed by atoms with Crippen LogP contribution in [0.2, 0.25) is 0 Å². The fraction of sp³-hybridized carbons (Fsp3) is 0.632. The summed E-state index contributed by atoms with van der Waals surface area (Å²) in [6.45, 7) is 9.02. The minimum atomic E-state index is -0.235. The summed E-state index contributed by atoms with van der Waals surface area (Å²) in [6, 6.07) is 4.68. The fourth-order valence-corrected chi connectivity index (χ4v) is 2.81. The van der Waals surface area contributed by atoms with Crippen molar-refractivity contribution in [3.63, 3.8) is 0 Å². The van der Waals surface area contributed by atoms with Crippen LogP contribution in [-0.2, 0) is 20.8 Å². The first kappa shape index (κ1) is 19.8. The molecule has 0 aromatic heterocycles. The van der Waals surface area contributed by atoms with Crippen LogP contribution in [0.15, 0.2) is 18.2 Å². The molecule has 1 aliphatic rings. The van der Waals surface area contributed by atoms with Crippen molar-refractivity contribution < 1.29 is 18.7 Å². The lowest BCUT2D eigenvalue weighted by molar-refractivity contribution is -0.140. The van der Waals surface area contributed by atoms with Crippen molar-refractivity contribution >= 4 is 5.91 Å². The molecule has 25 heavy (non-hydrogen) atoms. The van der Waals surface area contributed by atoms with Gasteiger partial charge in [-0.15, -0.1) is 0 Å². The SMILES string of the molecule is CCOC(CCCNC(=O)C1CN1Cc1cc(F)ccc1C)OCC. The van der Waals surface area contributed by atoms with Crippen LogP contribution in [0.4, 0.5) is 4.39 Å². The number of nitrogens with one attached hydrogen (secondary N) is 1. The molecule has 1 amide bonds. The Kier molecular flexibility index (Phi) is 7.81. The molecule has 2 rings (SSSR count). The van der Waals surface area contributed by atoms with Crippen molar-refractivity contribution in [1.29, 1.82) is 0 Å². The molecule has 0 bridgehead atoms. The number of halogens is 1. The van der Waals surface area contributed by atoms with Crippen LogP contribution in [0.25, 0.3) is 0 Å². The van der Waals surface area contributed by atoms with Gasteiger partial charge in [0.25, 0.3) is 0 Å². The average molecular weight is 352 g/mol. The van der Waals surface area contributed by atoms with E-state index in [1.165, 1.54) is 6.07 Å². The number of benzene rings is 1. The second-order valence-electron chi connectivity index (χ2n) is 6.29. The molecule has 0 saturated carbocycles. The van der Waals surface area contributed by atoms with E-state index < -0.39 is 0 Å². The Balaban J connectivity index is 1.66. The maximum atomic E-state index is 13.3. The Morgan fingerprint density at radius 2 is 2.08 bits per heavy atom. The monoisotopic (exact) mass is 352 g/mol. The molecule has 1 fully saturated rings. The molecule has 1 N–H and O–H groups in total. The lowest BCUT2D eigenvalue weighted by atomic mass is 10.1. The molecular formula is C19H29FN2O3. The van der Waals surface area contributed by atoms with Crippen LogP contribution in [-0.4, -0.2) is 49.4 Å². The number of rotatable bonds is 11. The molecule has 6 heteroatoms. The number of hydrogen-bond acceptors (Lipinski definition) is 4. The number of amides is 1. The van der Waals surface area contributed by atoms with Crippen LogP contribution in [0.3, 0.4) is 0 Å². The Morgan fingerprint density at radius 3 is 2.76 bits per heavy atom. The molecule has 1 aromatic carbocycles. The van der Waals surface area contributed by atoms with E-state index >= 15 is 0 Å². The molecule has 140 valence electrons. The first-order valence-electron chi connectivity index (χ1n) is 9.05. The Hall–Kier alpha value is -1.50. The average Bonchev–Trinajstić information content (AvgIpc) is 3.34. The smallest absolute Gasteiger partial charge is 0.238 e. The van der Waals surface area contributed by atoms with Gasteiger partial charge in [0.1, 0.15) is 11.9 Å². The number of ether oxygens (including phenoxy) is 2. The van der Waals surface area contributed by atoms with Crippen LogP contribution in [0, 0.1) is 12.7 Å². The second-order valence-corrected chi connectivity index (χ2v) is 6.29. The Labute approximate surface area is 149 Å². The predicted molar refractivity (Wildman–Crippen MR) is 94.6 cm³/mol. The van der Waals surface area contributed by atoms with Gasteiger partial charge in [-0.25, -0.2) is 4.39 Å². The molecule has 2 atom stereocenters. The number of carbonyl (C=O) groups excluding carboxylic acids is 1. The van der Waals surface area contributed by atoms with Crippen molar-refractivity contribution in [2.45, 2.75) is 52.5 Å². The van der Waals surface area contributed by atoms with Gasteiger partial charge < -0.3 is 14.8 Å². The predicted octanol–water partition coefficient (Wildman–Crippen LogP) is 2.61. The van der Waals surface area contributed by atoms with Crippen molar-refractivity contribution in [3.8, 4) is 0 Å². The molecule has 1 aromatic rings. The molecule has 0 radical (unpaired) electrons. The highest BCUT2D eigenvalue weighted by molar-refractivity contribution is 5.84. The van der Waals surface area contributed by atoms with Gasteiger partial charge in [-0.1, -0.05) is 6.07 Å². The zero-order chi connectivity index (χ0) is 18.2. The van der Waals surface area contributed by atoms with Crippen LogP contribution >= 0.6 is 0 Å². The van der Waals surface area contributed by atoms with Gasteiger partial charge in [0.2, 0.25) is 5.91 Å². The number of hydrogen-bond donors (Lipinski definition) is 1. The van der Waals surface area contributed by atoms with Gasteiger partial charge in [0, 0.05) is 39.3 Å². The maximum absolute atomic E-state index is 13.3. The number of nitrogens with zero attached hydrogens (tertiary/aromatic N) is 1. The van der Waals surface area contributed by atoms with E-state index in [4.69, 9.17) is 9.47 Å². The normalized spacial score (nSPS) is 19.2. The van der Waals surface area contributed by atoms with Crippen LogP contribution in [0.1, 0.15) is 37.8 Å². The summed E-state index contributed by atoms with van der Waals surface area (Å²) in [6.07, 6.45) is 1.38. The van der Waals surface area contributed by atoms with Crippen LogP contribution < -0.4 is 5.32 Å². The van der Waals surface area contributed by atoms with E-state index in [0.717, 1.165) is 30.5 Å². The van der Waals surface area contributed by atoms with Crippen molar-refractivity contribution in [2.24, 2.45) is 0 Å². The molecule has 5 nitrogen and oxygen atoms in total. The summed E-state index contributed by atoms with van der Waals surface area (Å²) in [5.41, 5.74) is 1.98. The zero-order valence-corrected chi connectivity index (χ0v) is 15.4. The highest BCUT2D eigenvalue weighted by Crippen LogP contribution is 2.23. The van der Waals surface area contributed by atoms with Gasteiger partial charge in [-0.3, -0.25) is 9.69 Å². The lowest BCUT2D eigenvalue weighted by Gasteiger charge is -2.16.